The highest BCUT2D eigenvalue weighted by atomic mass is 32.2. The number of rotatable bonds is 4. The Morgan fingerprint density at radius 1 is 1.14 bits per heavy atom. The molecule has 0 radical (unpaired) electrons. The minimum atomic E-state index is -3.38. The lowest BCUT2D eigenvalue weighted by Gasteiger charge is -2.30. The van der Waals surface area contributed by atoms with Gasteiger partial charge in [0.15, 0.2) is 0 Å². The number of fused-ring (bicyclic) bond motifs is 1. The Morgan fingerprint density at radius 3 is 2.64 bits per heavy atom. The van der Waals surface area contributed by atoms with Crippen molar-refractivity contribution in [3.63, 3.8) is 0 Å². The highest BCUT2D eigenvalue weighted by molar-refractivity contribution is 7.92. The second kappa shape index (κ2) is 6.01. The average molecular weight is 317 g/mol. The minimum Gasteiger partial charge on any atom is -0.497 e. The number of hydrogen-bond acceptors (Lipinski definition) is 3. The number of sulfonamides is 1. The van der Waals surface area contributed by atoms with Gasteiger partial charge in [0.25, 0.3) is 0 Å². The first-order valence-corrected chi connectivity index (χ1v) is 8.92. The normalized spacial score (nSPS) is 14.5. The smallest absolute Gasteiger partial charge is 0.239 e. The van der Waals surface area contributed by atoms with E-state index in [2.05, 4.69) is 0 Å². The first kappa shape index (κ1) is 14.9. The molecule has 22 heavy (non-hydrogen) atoms. The van der Waals surface area contributed by atoms with Crippen LogP contribution in [0.1, 0.15) is 17.5 Å². The number of anilines is 1. The molecule has 2 aromatic carbocycles. The third-order valence-corrected chi connectivity index (χ3v) is 5.64. The highest BCUT2D eigenvalue weighted by Crippen LogP contribution is 2.33. The lowest BCUT2D eigenvalue weighted by Crippen LogP contribution is -2.36. The molecule has 0 unspecified atom stereocenters. The maximum absolute atomic E-state index is 12.8. The van der Waals surface area contributed by atoms with Crippen LogP contribution in [0.15, 0.2) is 48.5 Å². The molecule has 0 N–H and O–H groups in total. The van der Waals surface area contributed by atoms with Crippen molar-refractivity contribution in [2.24, 2.45) is 0 Å². The number of benzene rings is 2. The summed E-state index contributed by atoms with van der Waals surface area (Å²) in [4.78, 5) is 0. The van der Waals surface area contributed by atoms with Crippen molar-refractivity contribution in [2.75, 3.05) is 18.0 Å². The van der Waals surface area contributed by atoms with Gasteiger partial charge < -0.3 is 4.74 Å². The summed E-state index contributed by atoms with van der Waals surface area (Å²) < 4.78 is 32.3. The van der Waals surface area contributed by atoms with E-state index in [0.29, 0.717) is 6.54 Å². The molecule has 0 bridgehead atoms. The maximum atomic E-state index is 12.8. The van der Waals surface area contributed by atoms with E-state index in [1.54, 1.807) is 7.11 Å². The molecule has 0 amide bonds. The van der Waals surface area contributed by atoms with Crippen LogP contribution in [0, 0.1) is 0 Å². The first-order chi connectivity index (χ1) is 10.6. The van der Waals surface area contributed by atoms with Crippen LogP contribution in [0.2, 0.25) is 0 Å². The van der Waals surface area contributed by atoms with E-state index in [9.17, 15) is 8.42 Å². The number of nitrogens with zero attached hydrogens (tertiary/aromatic N) is 1. The van der Waals surface area contributed by atoms with Crippen molar-refractivity contribution in [1.82, 2.24) is 0 Å². The van der Waals surface area contributed by atoms with Gasteiger partial charge in [0.05, 0.1) is 18.6 Å². The molecule has 3 rings (SSSR count). The molecule has 0 saturated carbocycles. The Morgan fingerprint density at radius 2 is 1.91 bits per heavy atom. The van der Waals surface area contributed by atoms with Gasteiger partial charge in [0.1, 0.15) is 5.75 Å². The summed E-state index contributed by atoms with van der Waals surface area (Å²) in [7, 11) is -1.76. The predicted octanol–water partition coefficient (Wildman–Crippen LogP) is 2.98. The van der Waals surface area contributed by atoms with Gasteiger partial charge in [-0.1, -0.05) is 30.3 Å². The number of hydrogen-bond donors (Lipinski definition) is 0. The topological polar surface area (TPSA) is 46.6 Å². The quantitative estimate of drug-likeness (QED) is 0.871. The van der Waals surface area contributed by atoms with Crippen molar-refractivity contribution in [3.8, 4) is 5.75 Å². The van der Waals surface area contributed by atoms with Crippen LogP contribution < -0.4 is 9.04 Å². The van der Waals surface area contributed by atoms with Gasteiger partial charge in [0.2, 0.25) is 10.0 Å². The Balaban J connectivity index is 1.93. The van der Waals surface area contributed by atoms with Gasteiger partial charge in [0, 0.05) is 6.54 Å². The molecule has 0 fully saturated rings. The fourth-order valence-corrected chi connectivity index (χ4v) is 4.47. The van der Waals surface area contributed by atoms with E-state index in [4.69, 9.17) is 4.74 Å². The van der Waals surface area contributed by atoms with Gasteiger partial charge >= 0.3 is 0 Å². The van der Waals surface area contributed by atoms with Crippen LogP contribution >= 0.6 is 0 Å². The van der Waals surface area contributed by atoms with Crippen LogP contribution in [0.3, 0.4) is 0 Å². The second-order valence-electron chi connectivity index (χ2n) is 5.41. The molecule has 0 atom stereocenters. The molecule has 0 aliphatic carbocycles. The van der Waals surface area contributed by atoms with Gasteiger partial charge in [-0.2, -0.15) is 0 Å². The summed E-state index contributed by atoms with van der Waals surface area (Å²) >= 11 is 0. The second-order valence-corrected chi connectivity index (χ2v) is 7.31. The van der Waals surface area contributed by atoms with Gasteiger partial charge in [-0.05, 0) is 42.2 Å². The predicted molar refractivity (Wildman–Crippen MR) is 87.7 cm³/mol. The number of methoxy groups -OCH3 is 1. The monoisotopic (exact) mass is 317 g/mol. The summed E-state index contributed by atoms with van der Waals surface area (Å²) in [6.45, 7) is 0.536. The lowest BCUT2D eigenvalue weighted by atomic mass is 10.0. The van der Waals surface area contributed by atoms with E-state index in [-0.39, 0.29) is 5.75 Å². The summed E-state index contributed by atoms with van der Waals surface area (Å²) in [5.41, 5.74) is 2.62. The van der Waals surface area contributed by atoms with Gasteiger partial charge in [-0.3, -0.25) is 4.31 Å². The fraction of sp³-hybridized carbons (Fsp3) is 0.294. The summed E-state index contributed by atoms with van der Waals surface area (Å²) in [6.07, 6.45) is 1.71. The molecule has 1 aliphatic rings. The van der Waals surface area contributed by atoms with Crippen LogP contribution in [0.25, 0.3) is 0 Å². The molecule has 2 aromatic rings. The Labute approximate surface area is 131 Å². The van der Waals surface area contributed by atoms with Crippen LogP contribution in [-0.2, 0) is 22.2 Å². The molecule has 0 spiro atoms. The number of aryl methyl sites for hydroxylation is 1. The van der Waals surface area contributed by atoms with E-state index in [1.807, 2.05) is 48.5 Å². The van der Waals surface area contributed by atoms with Crippen LogP contribution in [0.5, 0.6) is 5.75 Å². The molecule has 116 valence electrons. The van der Waals surface area contributed by atoms with Crippen LogP contribution in [-0.4, -0.2) is 22.1 Å². The van der Waals surface area contributed by atoms with Gasteiger partial charge in [-0.15, -0.1) is 0 Å². The minimum absolute atomic E-state index is 0.0271. The largest absolute Gasteiger partial charge is 0.497 e. The molecule has 4 nitrogen and oxygen atoms in total. The van der Waals surface area contributed by atoms with Crippen molar-refractivity contribution in [1.29, 1.82) is 0 Å². The standard InChI is InChI=1S/C17H19NO3S/c1-21-16-9-10-17-15(12-16)8-5-11-18(17)22(19,20)13-14-6-3-2-4-7-14/h2-4,6-7,9-10,12H,5,8,11,13H2,1H3. The molecule has 5 heteroatoms. The third-order valence-electron chi connectivity index (χ3n) is 3.89. The van der Waals surface area contributed by atoms with E-state index < -0.39 is 10.0 Å². The SMILES string of the molecule is COc1ccc2c(c1)CCCN2S(=O)(=O)Cc1ccccc1. The molecule has 1 heterocycles. The van der Waals surface area contributed by atoms with Crippen LogP contribution in [0.4, 0.5) is 5.69 Å². The third kappa shape index (κ3) is 2.95. The molecular weight excluding hydrogens is 298 g/mol. The Bertz CT molecular complexity index is 757. The zero-order valence-corrected chi connectivity index (χ0v) is 13.3. The molecular formula is C17H19NO3S. The fourth-order valence-electron chi connectivity index (χ4n) is 2.82. The van der Waals surface area contributed by atoms with Crippen molar-refractivity contribution >= 4 is 15.7 Å². The summed E-state index contributed by atoms with van der Waals surface area (Å²) in [5, 5.41) is 0. The van der Waals surface area contributed by atoms with E-state index in [0.717, 1.165) is 35.4 Å². The molecule has 0 saturated heterocycles. The van der Waals surface area contributed by atoms with E-state index in [1.165, 1.54) is 4.31 Å². The Hall–Kier alpha value is -2.01. The highest BCUT2D eigenvalue weighted by Gasteiger charge is 2.27. The van der Waals surface area contributed by atoms with Crippen molar-refractivity contribution < 1.29 is 13.2 Å². The Kier molecular flexibility index (Phi) is 4.07. The molecule has 1 aliphatic heterocycles. The maximum Gasteiger partial charge on any atom is 0.239 e. The van der Waals surface area contributed by atoms with E-state index >= 15 is 0 Å². The van der Waals surface area contributed by atoms with Crippen molar-refractivity contribution in [2.45, 2.75) is 18.6 Å². The zero-order valence-electron chi connectivity index (χ0n) is 12.5. The lowest BCUT2D eigenvalue weighted by molar-refractivity contribution is 0.414. The van der Waals surface area contributed by atoms with Gasteiger partial charge in [-0.25, -0.2) is 8.42 Å². The first-order valence-electron chi connectivity index (χ1n) is 7.31. The average Bonchev–Trinajstić information content (AvgIpc) is 2.54. The zero-order chi connectivity index (χ0) is 15.6. The summed E-state index contributed by atoms with van der Waals surface area (Å²) in [5.74, 6) is 0.792. The summed E-state index contributed by atoms with van der Waals surface area (Å²) in [6, 6.07) is 14.9. The van der Waals surface area contributed by atoms with Crippen molar-refractivity contribution in [3.05, 3.63) is 59.7 Å². The number of ether oxygens (including phenoxy) is 1. The molecule has 0 aromatic heterocycles.